The lowest BCUT2D eigenvalue weighted by Gasteiger charge is -2.24. The summed E-state index contributed by atoms with van der Waals surface area (Å²) in [5, 5.41) is 7.88. The molecule has 2 nitrogen and oxygen atoms in total. The van der Waals surface area contributed by atoms with E-state index in [0.717, 1.165) is 12.0 Å². The summed E-state index contributed by atoms with van der Waals surface area (Å²) in [4.78, 5) is 11.5. The maximum absolute atomic E-state index is 11.5. The van der Waals surface area contributed by atoms with Crippen LogP contribution in [0.1, 0.15) is 64.7 Å². The van der Waals surface area contributed by atoms with E-state index in [1.807, 2.05) is 34.6 Å². The minimum atomic E-state index is -0.363. The van der Waals surface area contributed by atoms with E-state index in [-0.39, 0.29) is 11.2 Å². The van der Waals surface area contributed by atoms with Crippen LogP contribution in [0.5, 0.6) is 0 Å². The number of Topliss-reactive ketones (excluding diaryl/α,β-unsaturated/α-hetero) is 1. The molecule has 116 valence electrons. The minimum Gasteiger partial charge on any atom is -0.396 e. The Hall–Kier alpha value is -1.15. The topological polar surface area (TPSA) is 37.3 Å². The standard InChI is InChI=1S/C13H18O.C3H8O.C2H6/c1-9-6-7-12(10(2)8-9)13(4,5)11(3)14;1-2-3-4;1-2/h6-8H,1-5H3;4H,2-3H2,1H3;1-2H3. The largest absolute Gasteiger partial charge is 0.396 e. The zero-order valence-corrected chi connectivity index (χ0v) is 14.5. The van der Waals surface area contributed by atoms with E-state index in [0.29, 0.717) is 6.61 Å². The molecule has 0 fully saturated rings. The first-order chi connectivity index (χ1) is 9.27. The minimum absolute atomic E-state index is 0.212. The van der Waals surface area contributed by atoms with Gasteiger partial charge in [-0.3, -0.25) is 4.79 Å². The molecule has 0 saturated heterocycles. The fourth-order valence-corrected chi connectivity index (χ4v) is 1.70. The van der Waals surface area contributed by atoms with E-state index in [4.69, 9.17) is 5.11 Å². The van der Waals surface area contributed by atoms with Gasteiger partial charge >= 0.3 is 0 Å². The third-order valence-electron chi connectivity index (χ3n) is 3.16. The fraction of sp³-hybridized carbons (Fsp3) is 0.611. The Kier molecular flexibility index (Phi) is 11.2. The van der Waals surface area contributed by atoms with Crippen molar-refractivity contribution in [3.8, 4) is 0 Å². The van der Waals surface area contributed by atoms with Gasteiger partial charge in [0.05, 0.1) is 0 Å². The molecule has 0 aromatic heterocycles. The van der Waals surface area contributed by atoms with Gasteiger partial charge in [-0.05, 0) is 52.2 Å². The molecule has 0 atom stereocenters. The average molecular weight is 280 g/mol. The molecule has 0 saturated carbocycles. The predicted molar refractivity (Wildman–Crippen MR) is 88.3 cm³/mol. The Morgan fingerprint density at radius 3 is 1.95 bits per heavy atom. The van der Waals surface area contributed by atoms with Crippen molar-refractivity contribution in [1.82, 2.24) is 0 Å². The first-order valence-electron chi connectivity index (χ1n) is 7.47. The summed E-state index contributed by atoms with van der Waals surface area (Å²) >= 11 is 0. The maximum atomic E-state index is 11.5. The van der Waals surface area contributed by atoms with Crippen molar-refractivity contribution in [2.45, 2.75) is 67.2 Å². The van der Waals surface area contributed by atoms with E-state index in [2.05, 4.69) is 32.0 Å². The summed E-state index contributed by atoms with van der Waals surface area (Å²) in [5.41, 5.74) is 3.21. The zero-order chi connectivity index (χ0) is 16.3. The van der Waals surface area contributed by atoms with E-state index in [1.165, 1.54) is 11.1 Å². The molecule has 2 heteroatoms. The number of aryl methyl sites for hydroxylation is 2. The highest BCUT2D eigenvalue weighted by Gasteiger charge is 2.27. The zero-order valence-electron chi connectivity index (χ0n) is 14.5. The van der Waals surface area contributed by atoms with Gasteiger partial charge in [0.2, 0.25) is 0 Å². The highest BCUT2D eigenvalue weighted by atomic mass is 16.2. The lowest BCUT2D eigenvalue weighted by Crippen LogP contribution is -2.27. The Labute approximate surface area is 125 Å². The Bertz CT molecular complexity index is 390. The quantitative estimate of drug-likeness (QED) is 0.879. The summed E-state index contributed by atoms with van der Waals surface area (Å²) < 4.78 is 0. The van der Waals surface area contributed by atoms with Gasteiger partial charge in [0.1, 0.15) is 5.78 Å². The van der Waals surface area contributed by atoms with Crippen molar-refractivity contribution in [1.29, 1.82) is 0 Å². The highest BCUT2D eigenvalue weighted by molar-refractivity contribution is 5.87. The van der Waals surface area contributed by atoms with Gasteiger partial charge in [-0.15, -0.1) is 0 Å². The molecular weight excluding hydrogens is 248 g/mol. The Morgan fingerprint density at radius 2 is 1.65 bits per heavy atom. The number of carbonyl (C=O) groups is 1. The second kappa shape index (κ2) is 10.6. The molecule has 0 aliphatic rings. The third-order valence-corrected chi connectivity index (χ3v) is 3.16. The van der Waals surface area contributed by atoms with Gasteiger partial charge in [0.25, 0.3) is 0 Å². The monoisotopic (exact) mass is 280 g/mol. The van der Waals surface area contributed by atoms with Crippen LogP contribution in [0.4, 0.5) is 0 Å². The summed E-state index contributed by atoms with van der Waals surface area (Å²) in [6.45, 7) is 16.0. The van der Waals surface area contributed by atoms with Crippen LogP contribution < -0.4 is 0 Å². The molecule has 1 aromatic carbocycles. The fourth-order valence-electron chi connectivity index (χ4n) is 1.70. The number of aliphatic hydroxyl groups excluding tert-OH is 1. The summed E-state index contributed by atoms with van der Waals surface area (Å²) in [7, 11) is 0. The van der Waals surface area contributed by atoms with Crippen molar-refractivity contribution in [2.75, 3.05) is 6.61 Å². The third kappa shape index (κ3) is 6.85. The molecule has 1 rings (SSSR count). The van der Waals surface area contributed by atoms with Gasteiger partial charge in [0.15, 0.2) is 0 Å². The van der Waals surface area contributed by atoms with E-state index in [1.54, 1.807) is 6.92 Å². The lowest BCUT2D eigenvalue weighted by molar-refractivity contribution is -0.121. The number of rotatable bonds is 3. The number of carbonyl (C=O) groups excluding carboxylic acids is 1. The van der Waals surface area contributed by atoms with Gasteiger partial charge in [-0.25, -0.2) is 0 Å². The van der Waals surface area contributed by atoms with Crippen LogP contribution in [0.25, 0.3) is 0 Å². The molecule has 0 heterocycles. The lowest BCUT2D eigenvalue weighted by atomic mass is 9.79. The Balaban J connectivity index is 0. The SMILES string of the molecule is CC.CC(=O)C(C)(C)c1ccc(C)cc1C.CCCO. The molecule has 0 spiro atoms. The predicted octanol–water partition coefficient (Wildman–Crippen LogP) is 4.58. The average Bonchev–Trinajstić information content (AvgIpc) is 2.40. The number of benzene rings is 1. The van der Waals surface area contributed by atoms with Crippen molar-refractivity contribution in [2.24, 2.45) is 0 Å². The van der Waals surface area contributed by atoms with Crippen molar-refractivity contribution < 1.29 is 9.90 Å². The van der Waals surface area contributed by atoms with Crippen LogP contribution >= 0.6 is 0 Å². The summed E-state index contributed by atoms with van der Waals surface area (Å²) in [5.74, 6) is 0.212. The van der Waals surface area contributed by atoms with Crippen LogP contribution in [0.15, 0.2) is 18.2 Å². The molecule has 0 bridgehead atoms. The second-order valence-corrected chi connectivity index (χ2v) is 5.22. The smallest absolute Gasteiger partial charge is 0.139 e. The van der Waals surface area contributed by atoms with Crippen molar-refractivity contribution in [3.05, 3.63) is 34.9 Å². The number of hydrogen-bond acceptors (Lipinski definition) is 2. The van der Waals surface area contributed by atoms with E-state index < -0.39 is 0 Å². The maximum Gasteiger partial charge on any atom is 0.139 e. The van der Waals surface area contributed by atoms with Crippen molar-refractivity contribution in [3.63, 3.8) is 0 Å². The van der Waals surface area contributed by atoms with Crippen LogP contribution in [0, 0.1) is 13.8 Å². The molecule has 1 N–H and O–H groups in total. The molecule has 0 aliphatic heterocycles. The molecular formula is C18H32O2. The molecule has 20 heavy (non-hydrogen) atoms. The van der Waals surface area contributed by atoms with Gasteiger partial charge < -0.3 is 5.11 Å². The number of hydrogen-bond donors (Lipinski definition) is 1. The van der Waals surface area contributed by atoms with Crippen molar-refractivity contribution >= 4 is 5.78 Å². The van der Waals surface area contributed by atoms with Crippen LogP contribution in [0.2, 0.25) is 0 Å². The molecule has 0 amide bonds. The van der Waals surface area contributed by atoms with Gasteiger partial charge in [0, 0.05) is 12.0 Å². The molecule has 1 aromatic rings. The number of aliphatic hydroxyl groups is 1. The first-order valence-corrected chi connectivity index (χ1v) is 7.47. The second-order valence-electron chi connectivity index (χ2n) is 5.22. The molecule has 0 unspecified atom stereocenters. The van der Waals surface area contributed by atoms with E-state index in [9.17, 15) is 4.79 Å². The van der Waals surface area contributed by atoms with Crippen LogP contribution in [0.3, 0.4) is 0 Å². The van der Waals surface area contributed by atoms with Gasteiger partial charge in [-0.2, -0.15) is 0 Å². The van der Waals surface area contributed by atoms with Gasteiger partial charge in [-0.1, -0.05) is 44.5 Å². The summed E-state index contributed by atoms with van der Waals surface area (Å²) in [6.07, 6.45) is 0.875. The van der Waals surface area contributed by atoms with Crippen LogP contribution in [-0.4, -0.2) is 17.5 Å². The van der Waals surface area contributed by atoms with Crippen LogP contribution in [-0.2, 0) is 10.2 Å². The molecule has 0 aliphatic carbocycles. The van der Waals surface area contributed by atoms with E-state index >= 15 is 0 Å². The highest BCUT2D eigenvalue weighted by Crippen LogP contribution is 2.27. The normalized spacial score (nSPS) is 9.85. The first kappa shape index (κ1) is 21.2. The Morgan fingerprint density at radius 1 is 1.20 bits per heavy atom. The molecule has 0 radical (unpaired) electrons. The summed E-state index contributed by atoms with van der Waals surface area (Å²) in [6, 6.07) is 6.25. The number of ketones is 1.